The molecule has 0 aromatic rings. The first kappa shape index (κ1) is 16.0. The predicted molar refractivity (Wildman–Crippen MR) is 52.4 cm³/mol. The Morgan fingerprint density at radius 2 is 1.13 bits per heavy atom. The average molecular weight is 220 g/mol. The molecule has 0 aliphatic carbocycles. The average Bonchev–Trinajstić information content (AvgIpc) is 2.17. The van der Waals surface area contributed by atoms with E-state index in [9.17, 15) is 9.59 Å². The number of carbonyl (C=O) groups is 2. The standard InChI is InChI=1S/C5H12O2.C4H4O4/c6-4-2-1-3-5-7;5-3(6)1-2-4(7)8/h6-7H,1-5H2;1-2H,(H,5,6)(H,7,8)/b;2-1-. The van der Waals surface area contributed by atoms with Crippen LogP contribution in [0.25, 0.3) is 0 Å². The third-order valence-corrected chi connectivity index (χ3v) is 1.18. The van der Waals surface area contributed by atoms with Crippen LogP contribution in [0.2, 0.25) is 0 Å². The summed E-state index contributed by atoms with van der Waals surface area (Å²) in [6.07, 6.45) is 3.69. The van der Waals surface area contributed by atoms with Gasteiger partial charge in [-0.2, -0.15) is 0 Å². The molecule has 0 aliphatic rings. The van der Waals surface area contributed by atoms with Crippen LogP contribution in [0.15, 0.2) is 12.2 Å². The van der Waals surface area contributed by atoms with E-state index in [1.165, 1.54) is 0 Å². The second kappa shape index (κ2) is 12.6. The molecule has 0 amide bonds. The molecule has 0 aromatic heterocycles. The Bertz CT molecular complexity index is 179. The molecule has 15 heavy (non-hydrogen) atoms. The maximum atomic E-state index is 9.55. The Kier molecular flexibility index (Phi) is 13.5. The highest BCUT2D eigenvalue weighted by Gasteiger charge is 1.88. The zero-order chi connectivity index (χ0) is 12.1. The van der Waals surface area contributed by atoms with Gasteiger partial charge in [0.15, 0.2) is 0 Å². The fraction of sp³-hybridized carbons (Fsp3) is 0.556. The highest BCUT2D eigenvalue weighted by atomic mass is 16.4. The Balaban J connectivity index is 0. The number of unbranched alkanes of at least 4 members (excludes halogenated alkanes) is 2. The Morgan fingerprint density at radius 1 is 0.800 bits per heavy atom. The van der Waals surface area contributed by atoms with Gasteiger partial charge in [-0.25, -0.2) is 9.59 Å². The van der Waals surface area contributed by atoms with E-state index in [0.29, 0.717) is 12.2 Å². The third kappa shape index (κ3) is 24.5. The van der Waals surface area contributed by atoms with Crippen LogP contribution in [0.4, 0.5) is 0 Å². The molecular weight excluding hydrogens is 204 g/mol. The fourth-order valence-corrected chi connectivity index (χ4v) is 0.543. The van der Waals surface area contributed by atoms with Crippen LogP contribution in [0, 0.1) is 0 Å². The first-order valence-electron chi connectivity index (χ1n) is 4.40. The Labute approximate surface area is 87.5 Å². The number of hydrogen-bond donors (Lipinski definition) is 4. The summed E-state index contributed by atoms with van der Waals surface area (Å²) in [6.45, 7) is 0.500. The molecule has 0 aromatic carbocycles. The minimum absolute atomic E-state index is 0.250. The number of carboxylic acid groups (broad SMARTS) is 2. The first-order chi connectivity index (χ1) is 7.04. The summed E-state index contributed by atoms with van der Waals surface area (Å²) >= 11 is 0. The summed E-state index contributed by atoms with van der Waals surface area (Å²) in [4.78, 5) is 19.1. The van der Waals surface area contributed by atoms with Gasteiger partial charge in [-0.3, -0.25) is 0 Å². The van der Waals surface area contributed by atoms with E-state index in [0.717, 1.165) is 19.3 Å². The van der Waals surface area contributed by atoms with Crippen LogP contribution in [0.5, 0.6) is 0 Å². The van der Waals surface area contributed by atoms with Gasteiger partial charge in [0.05, 0.1) is 0 Å². The van der Waals surface area contributed by atoms with E-state index < -0.39 is 11.9 Å². The highest BCUT2D eigenvalue weighted by Crippen LogP contribution is 1.90. The summed E-state index contributed by atoms with van der Waals surface area (Å²) in [5.74, 6) is -2.51. The quantitative estimate of drug-likeness (QED) is 0.365. The van der Waals surface area contributed by atoms with Crippen molar-refractivity contribution in [2.24, 2.45) is 0 Å². The van der Waals surface area contributed by atoms with Gasteiger partial charge in [0.2, 0.25) is 0 Å². The van der Waals surface area contributed by atoms with Crippen molar-refractivity contribution in [3.05, 3.63) is 12.2 Å². The molecule has 0 bridgehead atoms. The minimum atomic E-state index is -1.26. The van der Waals surface area contributed by atoms with E-state index >= 15 is 0 Å². The van der Waals surface area contributed by atoms with Crippen LogP contribution in [0.3, 0.4) is 0 Å². The van der Waals surface area contributed by atoms with Crippen molar-refractivity contribution in [3.8, 4) is 0 Å². The van der Waals surface area contributed by atoms with E-state index in [4.69, 9.17) is 20.4 Å². The number of hydrogen-bond acceptors (Lipinski definition) is 4. The molecule has 0 heterocycles. The normalized spacial score (nSPS) is 9.47. The van der Waals surface area contributed by atoms with Gasteiger partial charge >= 0.3 is 11.9 Å². The number of carboxylic acids is 2. The summed E-state index contributed by atoms with van der Waals surface area (Å²) in [5.41, 5.74) is 0. The maximum Gasteiger partial charge on any atom is 0.328 e. The topological polar surface area (TPSA) is 115 Å². The number of aliphatic carboxylic acids is 2. The fourth-order valence-electron chi connectivity index (χ4n) is 0.543. The molecule has 6 nitrogen and oxygen atoms in total. The zero-order valence-electron chi connectivity index (χ0n) is 8.30. The van der Waals surface area contributed by atoms with Crippen LogP contribution in [-0.4, -0.2) is 45.6 Å². The van der Waals surface area contributed by atoms with Gasteiger partial charge in [-0.15, -0.1) is 0 Å². The largest absolute Gasteiger partial charge is 0.478 e. The minimum Gasteiger partial charge on any atom is -0.478 e. The van der Waals surface area contributed by atoms with Gasteiger partial charge in [-0.05, 0) is 19.3 Å². The third-order valence-electron chi connectivity index (χ3n) is 1.18. The van der Waals surface area contributed by atoms with E-state index in [1.54, 1.807) is 0 Å². The SMILES string of the molecule is O=C(O)/C=C\C(=O)O.OCCCCCO. The zero-order valence-corrected chi connectivity index (χ0v) is 8.30. The highest BCUT2D eigenvalue weighted by molar-refractivity contribution is 5.89. The number of rotatable bonds is 6. The molecule has 0 spiro atoms. The second-order valence-electron chi connectivity index (χ2n) is 2.52. The van der Waals surface area contributed by atoms with Crippen molar-refractivity contribution >= 4 is 11.9 Å². The monoisotopic (exact) mass is 220 g/mol. The smallest absolute Gasteiger partial charge is 0.328 e. The van der Waals surface area contributed by atoms with Crippen LogP contribution in [0.1, 0.15) is 19.3 Å². The van der Waals surface area contributed by atoms with E-state index in [1.807, 2.05) is 0 Å². The molecule has 0 atom stereocenters. The van der Waals surface area contributed by atoms with Gasteiger partial charge < -0.3 is 20.4 Å². The number of aliphatic hydroxyl groups excluding tert-OH is 2. The van der Waals surface area contributed by atoms with Crippen molar-refractivity contribution < 1.29 is 30.0 Å². The molecule has 4 N–H and O–H groups in total. The van der Waals surface area contributed by atoms with E-state index in [2.05, 4.69) is 0 Å². The lowest BCUT2D eigenvalue weighted by Crippen LogP contribution is -1.91. The number of aliphatic hydroxyl groups is 2. The lowest BCUT2D eigenvalue weighted by Gasteiger charge is -1.90. The summed E-state index contributed by atoms with van der Waals surface area (Å²) in [7, 11) is 0. The summed E-state index contributed by atoms with van der Waals surface area (Å²) < 4.78 is 0. The lowest BCUT2D eigenvalue weighted by molar-refractivity contribution is -0.134. The molecule has 88 valence electrons. The van der Waals surface area contributed by atoms with Crippen molar-refractivity contribution in [2.75, 3.05) is 13.2 Å². The van der Waals surface area contributed by atoms with Crippen molar-refractivity contribution in [3.63, 3.8) is 0 Å². The molecule has 0 fully saturated rings. The predicted octanol–water partition coefficient (Wildman–Crippen LogP) is -0.147. The summed E-state index contributed by atoms with van der Waals surface area (Å²) in [5, 5.41) is 32.0. The van der Waals surface area contributed by atoms with Crippen molar-refractivity contribution in [2.45, 2.75) is 19.3 Å². The molecule has 0 aliphatic heterocycles. The maximum absolute atomic E-state index is 9.55. The van der Waals surface area contributed by atoms with Crippen LogP contribution >= 0.6 is 0 Å². The van der Waals surface area contributed by atoms with Crippen LogP contribution < -0.4 is 0 Å². The van der Waals surface area contributed by atoms with Gasteiger partial charge in [0, 0.05) is 25.4 Å². The van der Waals surface area contributed by atoms with Gasteiger partial charge in [-0.1, -0.05) is 0 Å². The first-order valence-corrected chi connectivity index (χ1v) is 4.40. The molecular formula is C9H16O6. The lowest BCUT2D eigenvalue weighted by atomic mass is 10.2. The van der Waals surface area contributed by atoms with Crippen LogP contribution in [-0.2, 0) is 9.59 Å². The van der Waals surface area contributed by atoms with Crippen molar-refractivity contribution in [1.29, 1.82) is 0 Å². The van der Waals surface area contributed by atoms with E-state index in [-0.39, 0.29) is 13.2 Å². The molecule has 0 radical (unpaired) electrons. The molecule has 0 saturated heterocycles. The Hall–Kier alpha value is -1.40. The molecule has 0 saturated carbocycles. The van der Waals surface area contributed by atoms with Gasteiger partial charge in [0.25, 0.3) is 0 Å². The van der Waals surface area contributed by atoms with Crippen molar-refractivity contribution in [1.82, 2.24) is 0 Å². The van der Waals surface area contributed by atoms with Gasteiger partial charge in [0.1, 0.15) is 0 Å². The molecule has 6 heteroatoms. The Morgan fingerprint density at radius 3 is 1.33 bits per heavy atom. The molecule has 0 unspecified atom stereocenters. The molecule has 0 rings (SSSR count). The summed E-state index contributed by atoms with van der Waals surface area (Å²) in [6, 6.07) is 0. The second-order valence-corrected chi connectivity index (χ2v) is 2.52.